The molecule has 2 aliphatic rings. The van der Waals surface area contributed by atoms with E-state index in [0.717, 1.165) is 17.1 Å². The smallest absolute Gasteiger partial charge is 0.314 e. The Morgan fingerprint density at radius 3 is 2.61 bits per heavy atom. The zero-order chi connectivity index (χ0) is 12.8. The molecule has 0 spiro atoms. The minimum atomic E-state index is -0.761. The van der Waals surface area contributed by atoms with Crippen molar-refractivity contribution in [1.29, 1.82) is 0 Å². The standard InChI is InChI=1S/C13H13ClO3S/c14-10-5-8(13(3-4-13)12(15)16)1-2-11(10)17-9-6-18-7-9/h1-2,5,9H,3-4,6-7H2,(H,15,16). The average Bonchev–Trinajstić information content (AvgIpc) is 3.06. The van der Waals surface area contributed by atoms with E-state index in [4.69, 9.17) is 16.3 Å². The molecule has 0 amide bonds. The summed E-state index contributed by atoms with van der Waals surface area (Å²) in [6.07, 6.45) is 1.63. The molecule has 1 saturated heterocycles. The SMILES string of the molecule is O=C(O)C1(c2ccc(OC3CSC3)c(Cl)c2)CC1. The molecule has 0 bridgehead atoms. The quantitative estimate of drug-likeness (QED) is 0.923. The number of hydrogen-bond donors (Lipinski definition) is 1. The second-order valence-corrected chi connectivity index (χ2v) is 6.29. The third-order valence-electron chi connectivity index (χ3n) is 3.54. The largest absolute Gasteiger partial charge is 0.487 e. The highest BCUT2D eigenvalue weighted by molar-refractivity contribution is 8.00. The van der Waals surface area contributed by atoms with Crippen molar-refractivity contribution in [2.45, 2.75) is 24.4 Å². The molecule has 0 aromatic heterocycles. The lowest BCUT2D eigenvalue weighted by Gasteiger charge is -2.26. The molecule has 1 aromatic carbocycles. The van der Waals surface area contributed by atoms with Crippen LogP contribution in [0.25, 0.3) is 0 Å². The van der Waals surface area contributed by atoms with Crippen LogP contribution in [0.3, 0.4) is 0 Å². The first-order chi connectivity index (χ1) is 8.62. The van der Waals surface area contributed by atoms with Gasteiger partial charge < -0.3 is 9.84 Å². The summed E-state index contributed by atoms with van der Waals surface area (Å²) < 4.78 is 5.73. The van der Waals surface area contributed by atoms with Gasteiger partial charge in [-0.2, -0.15) is 11.8 Å². The highest BCUT2D eigenvalue weighted by atomic mass is 35.5. The second kappa shape index (κ2) is 4.35. The minimum absolute atomic E-state index is 0.243. The van der Waals surface area contributed by atoms with E-state index < -0.39 is 11.4 Å². The molecule has 1 aliphatic carbocycles. The maximum atomic E-state index is 11.2. The lowest BCUT2D eigenvalue weighted by molar-refractivity contribution is -0.140. The van der Waals surface area contributed by atoms with Gasteiger partial charge in [-0.3, -0.25) is 4.79 Å². The van der Waals surface area contributed by atoms with Gasteiger partial charge in [0.05, 0.1) is 10.4 Å². The monoisotopic (exact) mass is 284 g/mol. The normalized spacial score (nSPS) is 21.2. The van der Waals surface area contributed by atoms with Crippen LogP contribution in [-0.2, 0) is 10.2 Å². The predicted octanol–water partition coefficient (Wildman–Crippen LogP) is 2.95. The highest BCUT2D eigenvalue weighted by Crippen LogP contribution is 2.49. The zero-order valence-electron chi connectivity index (χ0n) is 9.69. The van der Waals surface area contributed by atoms with Gasteiger partial charge in [-0.15, -0.1) is 0 Å². The lowest BCUT2D eigenvalue weighted by Crippen LogP contribution is -2.31. The number of thioether (sulfide) groups is 1. The molecule has 96 valence electrons. The molecule has 1 saturated carbocycles. The third kappa shape index (κ3) is 1.97. The molecule has 2 fully saturated rings. The van der Waals surface area contributed by atoms with Gasteiger partial charge in [0.1, 0.15) is 11.9 Å². The van der Waals surface area contributed by atoms with E-state index in [1.165, 1.54) is 0 Å². The van der Waals surface area contributed by atoms with E-state index in [1.807, 2.05) is 17.8 Å². The maximum absolute atomic E-state index is 11.2. The van der Waals surface area contributed by atoms with Crippen molar-refractivity contribution in [2.75, 3.05) is 11.5 Å². The summed E-state index contributed by atoms with van der Waals surface area (Å²) in [6, 6.07) is 5.36. The van der Waals surface area contributed by atoms with Crippen molar-refractivity contribution in [3.8, 4) is 5.75 Å². The van der Waals surface area contributed by atoms with Gasteiger partial charge in [0, 0.05) is 11.5 Å². The third-order valence-corrected chi connectivity index (χ3v) is 5.06. The number of hydrogen-bond acceptors (Lipinski definition) is 3. The summed E-state index contributed by atoms with van der Waals surface area (Å²) >= 11 is 8.01. The molecule has 1 aromatic rings. The van der Waals surface area contributed by atoms with E-state index >= 15 is 0 Å². The predicted molar refractivity (Wildman–Crippen MR) is 71.7 cm³/mol. The second-order valence-electron chi connectivity index (χ2n) is 4.81. The summed E-state index contributed by atoms with van der Waals surface area (Å²) in [5.74, 6) is 1.89. The van der Waals surface area contributed by atoms with Crippen LogP contribution in [0.4, 0.5) is 0 Å². The maximum Gasteiger partial charge on any atom is 0.314 e. The Hall–Kier alpha value is -0.870. The lowest BCUT2D eigenvalue weighted by atomic mass is 9.96. The van der Waals surface area contributed by atoms with E-state index in [-0.39, 0.29) is 6.10 Å². The molecule has 0 radical (unpaired) electrons. The molecular formula is C13H13ClO3S. The first-order valence-corrected chi connectivity index (χ1v) is 7.43. The van der Waals surface area contributed by atoms with E-state index in [2.05, 4.69) is 0 Å². The van der Waals surface area contributed by atoms with Gasteiger partial charge in [-0.25, -0.2) is 0 Å². The van der Waals surface area contributed by atoms with E-state index in [9.17, 15) is 9.90 Å². The fraction of sp³-hybridized carbons (Fsp3) is 0.462. The van der Waals surface area contributed by atoms with Crippen LogP contribution in [0.15, 0.2) is 18.2 Å². The summed E-state index contributed by atoms with van der Waals surface area (Å²) in [7, 11) is 0. The number of carboxylic acids is 1. The first-order valence-electron chi connectivity index (χ1n) is 5.90. The Kier molecular flexibility index (Phi) is 2.94. The summed E-state index contributed by atoms with van der Waals surface area (Å²) in [5, 5.41) is 9.74. The Balaban J connectivity index is 1.82. The summed E-state index contributed by atoms with van der Waals surface area (Å²) in [5.41, 5.74) is 0.0874. The molecule has 3 rings (SSSR count). The number of aliphatic carboxylic acids is 1. The fourth-order valence-corrected chi connectivity index (χ4v) is 2.90. The van der Waals surface area contributed by atoms with Crippen molar-refractivity contribution >= 4 is 29.3 Å². The highest BCUT2D eigenvalue weighted by Gasteiger charge is 2.51. The summed E-state index contributed by atoms with van der Waals surface area (Å²) in [6.45, 7) is 0. The molecule has 5 heteroatoms. The van der Waals surface area contributed by atoms with Gasteiger partial charge >= 0.3 is 5.97 Å². The van der Waals surface area contributed by atoms with Crippen LogP contribution in [0.1, 0.15) is 18.4 Å². The van der Waals surface area contributed by atoms with Gasteiger partial charge in [-0.1, -0.05) is 17.7 Å². The Bertz CT molecular complexity index is 495. The van der Waals surface area contributed by atoms with Crippen molar-refractivity contribution in [3.05, 3.63) is 28.8 Å². The van der Waals surface area contributed by atoms with Crippen LogP contribution in [0.5, 0.6) is 5.75 Å². The van der Waals surface area contributed by atoms with Gasteiger partial charge in [0.25, 0.3) is 0 Å². The molecular weight excluding hydrogens is 272 g/mol. The van der Waals surface area contributed by atoms with Crippen LogP contribution < -0.4 is 4.74 Å². The van der Waals surface area contributed by atoms with E-state index in [1.54, 1.807) is 12.1 Å². The van der Waals surface area contributed by atoms with Gasteiger partial charge in [0.15, 0.2) is 0 Å². The van der Waals surface area contributed by atoms with Crippen molar-refractivity contribution < 1.29 is 14.6 Å². The van der Waals surface area contributed by atoms with Crippen LogP contribution >= 0.6 is 23.4 Å². The molecule has 1 heterocycles. The van der Waals surface area contributed by atoms with Crippen molar-refractivity contribution in [2.24, 2.45) is 0 Å². The number of benzene rings is 1. The molecule has 3 nitrogen and oxygen atoms in total. The molecule has 0 atom stereocenters. The number of rotatable bonds is 4. The topological polar surface area (TPSA) is 46.5 Å². The first kappa shape index (κ1) is 12.2. The number of ether oxygens (including phenoxy) is 1. The van der Waals surface area contributed by atoms with Gasteiger partial charge in [0.2, 0.25) is 0 Å². The summed E-state index contributed by atoms with van der Waals surface area (Å²) in [4.78, 5) is 11.2. The Morgan fingerprint density at radius 2 is 2.17 bits per heavy atom. The fourth-order valence-electron chi connectivity index (χ4n) is 2.11. The number of carbonyl (C=O) groups is 1. The van der Waals surface area contributed by atoms with Gasteiger partial charge in [-0.05, 0) is 30.5 Å². The Morgan fingerprint density at radius 1 is 1.44 bits per heavy atom. The van der Waals surface area contributed by atoms with Crippen LogP contribution in [-0.4, -0.2) is 28.7 Å². The van der Waals surface area contributed by atoms with Crippen molar-refractivity contribution in [1.82, 2.24) is 0 Å². The van der Waals surface area contributed by atoms with Crippen LogP contribution in [0.2, 0.25) is 5.02 Å². The molecule has 18 heavy (non-hydrogen) atoms. The average molecular weight is 285 g/mol. The van der Waals surface area contributed by atoms with Crippen LogP contribution in [0, 0.1) is 0 Å². The zero-order valence-corrected chi connectivity index (χ0v) is 11.3. The molecule has 1 aliphatic heterocycles. The number of carboxylic acid groups (broad SMARTS) is 1. The Labute approximate surface area is 114 Å². The van der Waals surface area contributed by atoms with E-state index in [0.29, 0.717) is 23.6 Å². The van der Waals surface area contributed by atoms with Crippen molar-refractivity contribution in [3.63, 3.8) is 0 Å². The minimum Gasteiger partial charge on any atom is -0.487 e. The molecule has 1 N–H and O–H groups in total. The number of halogens is 1. The molecule has 0 unspecified atom stereocenters.